The molecule has 4 aliphatic rings. The van der Waals surface area contributed by atoms with Crippen LogP contribution in [0.5, 0.6) is 34.5 Å². The highest BCUT2D eigenvalue weighted by Gasteiger charge is 2.48. The molecular formula is C68H44BN5O3Si. The molecule has 78 heavy (non-hydrogen) atoms. The van der Waals surface area contributed by atoms with Crippen LogP contribution in [0.25, 0.3) is 72.3 Å². The fourth-order valence-electron chi connectivity index (χ4n) is 13.3. The molecule has 0 radical (unpaired) electrons. The van der Waals surface area contributed by atoms with E-state index >= 15 is 0 Å². The lowest BCUT2D eigenvalue weighted by Crippen LogP contribution is -2.61. The molecule has 4 aliphatic heterocycles. The van der Waals surface area contributed by atoms with Gasteiger partial charge in [0, 0.05) is 46.2 Å². The van der Waals surface area contributed by atoms with Gasteiger partial charge in [0.2, 0.25) is 0 Å². The molecule has 3 aromatic heterocycles. The summed E-state index contributed by atoms with van der Waals surface area (Å²) in [6.45, 7) is 4.83. The fourth-order valence-corrected chi connectivity index (χ4v) is 16.2. The van der Waals surface area contributed by atoms with Gasteiger partial charge >= 0.3 is 0 Å². The number of pyridine rings is 1. The summed E-state index contributed by atoms with van der Waals surface area (Å²) in [5, 5.41) is 4.69. The van der Waals surface area contributed by atoms with Crippen molar-refractivity contribution in [3.05, 3.63) is 237 Å². The van der Waals surface area contributed by atoms with Crippen LogP contribution < -0.4 is 50.4 Å². The number of para-hydroxylation sites is 3. The van der Waals surface area contributed by atoms with E-state index in [0.717, 1.165) is 129 Å². The molecule has 8 nitrogen and oxygen atoms in total. The van der Waals surface area contributed by atoms with E-state index < -0.39 is 8.07 Å². The quantitative estimate of drug-likeness (QED) is 0.0904. The molecule has 0 saturated carbocycles. The Morgan fingerprint density at radius 1 is 0.538 bits per heavy atom. The molecule has 0 bridgehead atoms. The number of benzene rings is 10. The molecular weight excluding hydrogens is 974 g/mol. The first-order chi connectivity index (χ1) is 38.5. The third-order valence-corrected chi connectivity index (χ3v) is 20.1. The van der Waals surface area contributed by atoms with Crippen molar-refractivity contribution in [3.8, 4) is 73.8 Å². The molecule has 0 N–H and O–H groups in total. The number of ether oxygens (including phenoxy) is 3. The second-order valence-corrected chi connectivity index (χ2v) is 25.5. The van der Waals surface area contributed by atoms with Crippen molar-refractivity contribution < 1.29 is 18.8 Å². The summed E-state index contributed by atoms with van der Waals surface area (Å²) in [4.78, 5) is 7.42. The molecule has 0 aliphatic carbocycles. The highest BCUT2D eigenvalue weighted by atomic mass is 28.3. The van der Waals surface area contributed by atoms with Crippen LogP contribution >= 0.6 is 0 Å². The van der Waals surface area contributed by atoms with E-state index in [4.69, 9.17) is 19.2 Å². The van der Waals surface area contributed by atoms with Gasteiger partial charge in [-0.25, -0.2) is 4.98 Å². The van der Waals surface area contributed by atoms with Gasteiger partial charge in [0.05, 0.1) is 39.0 Å². The van der Waals surface area contributed by atoms with E-state index in [1.54, 1.807) is 0 Å². The van der Waals surface area contributed by atoms with Crippen LogP contribution in [0, 0.1) is 6.33 Å². The van der Waals surface area contributed by atoms with E-state index in [9.17, 15) is 0 Å². The molecule has 0 atom stereocenters. The number of nitrogens with zero attached hydrogens (tertiary/aromatic N) is 5. The lowest BCUT2D eigenvalue weighted by atomic mass is 9.33. The molecule has 0 unspecified atom stereocenters. The molecule has 17 rings (SSSR count). The summed E-state index contributed by atoms with van der Waals surface area (Å²) in [6.07, 6.45) is 5.81. The first-order valence-electron chi connectivity index (χ1n) is 26.6. The minimum Gasteiger partial charge on any atom is -0.458 e. The Kier molecular flexibility index (Phi) is 8.93. The lowest BCUT2D eigenvalue weighted by molar-refractivity contribution is -0.571. The van der Waals surface area contributed by atoms with Crippen LogP contribution in [-0.4, -0.2) is 28.9 Å². The van der Waals surface area contributed by atoms with Crippen LogP contribution in [0.2, 0.25) is 13.1 Å². The van der Waals surface area contributed by atoms with Gasteiger partial charge in [-0.15, -0.1) is 0 Å². The summed E-state index contributed by atoms with van der Waals surface area (Å²) >= 11 is 0. The number of hydrogen-bond acceptors (Lipinski definition) is 5. The Bertz CT molecular complexity index is 4630. The molecule has 0 fully saturated rings. The van der Waals surface area contributed by atoms with Crippen molar-refractivity contribution in [3.63, 3.8) is 0 Å². The second-order valence-electron chi connectivity index (χ2n) is 21.2. The highest BCUT2D eigenvalue weighted by molar-refractivity contribution is 7.03. The molecule has 0 amide bonds. The average Bonchev–Trinajstić information content (AvgIpc) is 2.86. The van der Waals surface area contributed by atoms with Crippen molar-refractivity contribution in [2.24, 2.45) is 0 Å². The topological polar surface area (TPSA) is 57.6 Å². The normalized spacial score (nSPS) is 13.8. The zero-order valence-electron chi connectivity index (χ0n) is 42.5. The van der Waals surface area contributed by atoms with Gasteiger partial charge in [0.1, 0.15) is 48.2 Å². The average molecular weight is 1020 g/mol. The number of fused-ring (bicyclic) bond motifs is 6. The van der Waals surface area contributed by atoms with Crippen LogP contribution in [0.4, 0.5) is 17.1 Å². The SMILES string of the molecule is C[Si]1(C)c2ccc(Oc3cccc(-n4c5cc6c7c(c5c5cccnc54)Oc4cccc5c4B7c4c(cccc4N5c4ccccc4)O6)c3)cc2-n2[c-][n+](-c3c(-c4ccccc4)cccc3-c3ccccc3)c3cccc1c32. The summed E-state index contributed by atoms with van der Waals surface area (Å²) in [7, 11) is -2.24. The molecule has 7 heterocycles. The van der Waals surface area contributed by atoms with E-state index in [1.807, 2.05) is 18.3 Å². The van der Waals surface area contributed by atoms with E-state index in [1.165, 1.54) is 15.9 Å². The summed E-state index contributed by atoms with van der Waals surface area (Å²) in [5.74, 6) is 4.70. The number of aromatic nitrogens is 4. The van der Waals surface area contributed by atoms with Crippen LogP contribution in [-0.2, 0) is 0 Å². The minimum atomic E-state index is -2.24. The van der Waals surface area contributed by atoms with Gasteiger partial charge < -0.3 is 19.1 Å². The van der Waals surface area contributed by atoms with E-state index in [0.29, 0.717) is 5.75 Å². The number of rotatable bonds is 7. The lowest BCUT2D eigenvalue weighted by Gasteiger charge is -2.42. The monoisotopic (exact) mass is 1020 g/mol. The fraction of sp³-hybridized carbons (Fsp3) is 0.0294. The van der Waals surface area contributed by atoms with E-state index in [2.05, 4.69) is 250 Å². The van der Waals surface area contributed by atoms with Crippen molar-refractivity contribution in [1.29, 1.82) is 0 Å². The highest BCUT2D eigenvalue weighted by Crippen LogP contribution is 2.49. The predicted molar refractivity (Wildman–Crippen MR) is 316 cm³/mol. The molecule has 13 aromatic rings. The Morgan fingerprint density at radius 2 is 1.19 bits per heavy atom. The van der Waals surface area contributed by atoms with Crippen molar-refractivity contribution >= 4 is 91.6 Å². The van der Waals surface area contributed by atoms with Gasteiger partial charge in [0.15, 0.2) is 0 Å². The first-order valence-corrected chi connectivity index (χ1v) is 29.6. The zero-order chi connectivity index (χ0) is 51.4. The maximum atomic E-state index is 7.21. The van der Waals surface area contributed by atoms with Crippen molar-refractivity contribution in [1.82, 2.24) is 14.1 Å². The minimum absolute atomic E-state index is 0.0910. The number of anilines is 3. The molecule has 0 spiro atoms. The third-order valence-electron chi connectivity index (χ3n) is 16.6. The Morgan fingerprint density at radius 3 is 1.94 bits per heavy atom. The maximum Gasteiger partial charge on any atom is 0.269 e. The van der Waals surface area contributed by atoms with Gasteiger partial charge in [-0.3, -0.25) is 13.7 Å². The first kappa shape index (κ1) is 43.4. The van der Waals surface area contributed by atoms with Crippen molar-refractivity contribution in [2.45, 2.75) is 13.1 Å². The van der Waals surface area contributed by atoms with Crippen molar-refractivity contribution in [2.75, 3.05) is 4.90 Å². The summed E-state index contributed by atoms with van der Waals surface area (Å²) in [6, 6.07) is 79.5. The number of imidazole rings is 1. The zero-order valence-corrected chi connectivity index (χ0v) is 43.5. The predicted octanol–water partition coefficient (Wildman–Crippen LogP) is 13.0. The van der Waals surface area contributed by atoms with Crippen LogP contribution in [0.1, 0.15) is 0 Å². The smallest absolute Gasteiger partial charge is 0.269 e. The summed E-state index contributed by atoms with van der Waals surface area (Å²) in [5.41, 5.74) is 18.3. The summed E-state index contributed by atoms with van der Waals surface area (Å²) < 4.78 is 28.0. The van der Waals surface area contributed by atoms with E-state index in [-0.39, 0.29) is 6.71 Å². The Hall–Kier alpha value is -9.90. The van der Waals surface area contributed by atoms with Gasteiger partial charge in [-0.1, -0.05) is 153 Å². The largest absolute Gasteiger partial charge is 0.458 e. The number of hydrogen-bond donors (Lipinski definition) is 0. The molecule has 10 heteroatoms. The van der Waals surface area contributed by atoms with Gasteiger partial charge in [-0.2, -0.15) is 0 Å². The molecule has 0 saturated heterocycles. The van der Waals surface area contributed by atoms with Crippen LogP contribution in [0.3, 0.4) is 0 Å². The van der Waals surface area contributed by atoms with Gasteiger partial charge in [-0.05, 0) is 116 Å². The Balaban J connectivity index is 0.795. The maximum absolute atomic E-state index is 7.21. The van der Waals surface area contributed by atoms with Crippen LogP contribution in [0.15, 0.2) is 231 Å². The third kappa shape index (κ3) is 6.00. The molecule has 366 valence electrons. The standard InChI is InChI=1S/C68H44BN5O3Si/c1-78(2)59-36-35-47(39-54(59)72-41-71(53-31-16-34-60(78)66(53)72)65-48(42-18-6-3-7-19-42)26-13-27-49(65)43-20-8-4-9-21-43)75-46-25-12-24-45(38-46)74-55-40-58-64-67(61(55)50-28-17-37-70-68(50)74)77-57-33-15-30-52-63(57)69(64)62-51(29-14-32-56(62)76-58)73(52)44-22-10-5-11-23-44/h3-40H,1-2H3. The second kappa shape index (κ2) is 16.1. The molecule has 10 aromatic carbocycles. The Labute approximate surface area is 450 Å². The van der Waals surface area contributed by atoms with Gasteiger partial charge in [0.25, 0.3) is 13.0 Å².